The predicted octanol–water partition coefficient (Wildman–Crippen LogP) is 4.84. The van der Waals surface area contributed by atoms with Gasteiger partial charge in [0, 0.05) is 43.3 Å². The molecule has 3 heterocycles. The first kappa shape index (κ1) is 26.3. The predicted molar refractivity (Wildman–Crippen MR) is 141 cm³/mol. The number of hydrogen-bond acceptors (Lipinski definition) is 9. The minimum Gasteiger partial charge on any atom is -0.444 e. The van der Waals surface area contributed by atoms with Crippen molar-refractivity contribution >= 4 is 23.7 Å². The van der Waals surface area contributed by atoms with Gasteiger partial charge in [-0.2, -0.15) is 5.26 Å². The summed E-state index contributed by atoms with van der Waals surface area (Å²) in [6.07, 6.45) is 5.68. The Bertz CT molecular complexity index is 1360. The third-order valence-corrected chi connectivity index (χ3v) is 5.35. The fraction of sp³-hybridized carbons (Fsp3) is 0.333. The molecule has 0 bridgehead atoms. The lowest BCUT2D eigenvalue weighted by Gasteiger charge is -2.19. The second-order valence-electron chi connectivity index (χ2n) is 9.77. The molecule has 38 heavy (non-hydrogen) atoms. The van der Waals surface area contributed by atoms with Gasteiger partial charge in [-0.3, -0.25) is 10.3 Å². The number of anilines is 2. The second-order valence-corrected chi connectivity index (χ2v) is 9.77. The first-order chi connectivity index (χ1) is 18.2. The molecule has 0 radical (unpaired) electrons. The average Bonchev–Trinajstić information content (AvgIpc) is 3.71. The van der Waals surface area contributed by atoms with E-state index in [4.69, 9.17) is 14.7 Å². The van der Waals surface area contributed by atoms with E-state index < -0.39 is 17.8 Å². The van der Waals surface area contributed by atoms with Crippen LogP contribution in [0.25, 0.3) is 11.3 Å². The summed E-state index contributed by atoms with van der Waals surface area (Å²) in [5.41, 5.74) is 2.95. The number of carbonyl (C=O) groups excluding carboxylic acids is 2. The molecule has 4 rings (SSSR count). The molecule has 1 aliphatic carbocycles. The van der Waals surface area contributed by atoms with Gasteiger partial charge in [-0.1, -0.05) is 0 Å². The van der Waals surface area contributed by atoms with Crippen LogP contribution < -0.4 is 20.7 Å². The first-order valence-corrected chi connectivity index (χ1v) is 12.2. The van der Waals surface area contributed by atoms with Gasteiger partial charge in [-0.25, -0.2) is 19.6 Å². The summed E-state index contributed by atoms with van der Waals surface area (Å²) in [5.74, 6) is 0.749. The van der Waals surface area contributed by atoms with E-state index in [9.17, 15) is 9.59 Å². The third kappa shape index (κ3) is 7.89. The summed E-state index contributed by atoms with van der Waals surface area (Å²) in [6.45, 7) is 6.26. The Kier molecular flexibility index (Phi) is 8.01. The fourth-order valence-corrected chi connectivity index (χ4v) is 3.53. The lowest BCUT2D eigenvalue weighted by molar-refractivity contribution is 0.0530. The highest BCUT2D eigenvalue weighted by molar-refractivity contribution is 5.85. The average molecular weight is 516 g/mol. The van der Waals surface area contributed by atoms with Crippen LogP contribution in [0, 0.1) is 11.3 Å². The maximum Gasteiger partial charge on any atom is 0.419 e. The van der Waals surface area contributed by atoms with Crippen molar-refractivity contribution in [3.05, 3.63) is 60.0 Å². The Morgan fingerprint density at radius 2 is 1.92 bits per heavy atom. The van der Waals surface area contributed by atoms with E-state index in [1.807, 2.05) is 39.0 Å². The molecule has 11 nitrogen and oxygen atoms in total. The molecule has 0 aliphatic heterocycles. The maximum absolute atomic E-state index is 12.5. The van der Waals surface area contributed by atoms with Gasteiger partial charge in [0.05, 0.1) is 23.0 Å². The van der Waals surface area contributed by atoms with Crippen molar-refractivity contribution in [3.8, 4) is 23.2 Å². The van der Waals surface area contributed by atoms with Crippen molar-refractivity contribution in [2.24, 2.45) is 0 Å². The van der Waals surface area contributed by atoms with Crippen molar-refractivity contribution in [1.82, 2.24) is 20.3 Å². The Hall–Kier alpha value is -4.72. The highest BCUT2D eigenvalue weighted by Gasteiger charge is 2.25. The van der Waals surface area contributed by atoms with E-state index in [0.29, 0.717) is 30.3 Å². The van der Waals surface area contributed by atoms with E-state index in [1.165, 1.54) is 18.3 Å². The van der Waals surface area contributed by atoms with Crippen LogP contribution >= 0.6 is 0 Å². The number of nitriles is 1. The van der Waals surface area contributed by atoms with Gasteiger partial charge in [0.15, 0.2) is 0 Å². The van der Waals surface area contributed by atoms with Crippen LogP contribution in [-0.2, 0) is 4.74 Å². The Balaban J connectivity index is 1.42. The maximum atomic E-state index is 12.5. The second kappa shape index (κ2) is 11.6. The zero-order valence-electron chi connectivity index (χ0n) is 21.4. The summed E-state index contributed by atoms with van der Waals surface area (Å²) in [5, 5.41) is 17.5. The molecule has 1 aliphatic rings. The summed E-state index contributed by atoms with van der Waals surface area (Å²) in [6, 6.07) is 10.6. The number of pyridine rings is 3. The topological polar surface area (TPSA) is 151 Å². The first-order valence-electron chi connectivity index (χ1n) is 12.2. The lowest BCUT2D eigenvalue weighted by Crippen LogP contribution is -2.35. The van der Waals surface area contributed by atoms with E-state index in [2.05, 4.69) is 30.9 Å². The molecule has 1 fully saturated rings. The van der Waals surface area contributed by atoms with Crippen LogP contribution in [-0.4, -0.2) is 45.8 Å². The Morgan fingerprint density at radius 3 is 2.66 bits per heavy atom. The lowest BCUT2D eigenvalue weighted by atomic mass is 10.1. The molecule has 3 aromatic rings. The molecule has 3 aromatic heterocycles. The highest BCUT2D eigenvalue weighted by atomic mass is 16.6. The molecule has 196 valence electrons. The molecule has 0 spiro atoms. The van der Waals surface area contributed by atoms with Gasteiger partial charge in [-0.15, -0.1) is 0 Å². The minimum atomic E-state index is -0.759. The van der Waals surface area contributed by atoms with Crippen LogP contribution in [0.15, 0.2) is 48.9 Å². The van der Waals surface area contributed by atoms with Gasteiger partial charge in [0.25, 0.3) is 0 Å². The molecule has 0 aromatic carbocycles. The molecule has 0 saturated heterocycles. The highest BCUT2D eigenvalue weighted by Crippen LogP contribution is 2.42. The van der Waals surface area contributed by atoms with Crippen molar-refractivity contribution in [3.63, 3.8) is 0 Å². The van der Waals surface area contributed by atoms with Crippen LogP contribution in [0.3, 0.4) is 0 Å². The third-order valence-electron chi connectivity index (χ3n) is 5.35. The van der Waals surface area contributed by atoms with Crippen molar-refractivity contribution in [2.45, 2.75) is 45.1 Å². The molecule has 0 unspecified atom stereocenters. The fourth-order valence-electron chi connectivity index (χ4n) is 3.53. The van der Waals surface area contributed by atoms with Gasteiger partial charge in [0.2, 0.25) is 5.88 Å². The zero-order valence-corrected chi connectivity index (χ0v) is 21.4. The van der Waals surface area contributed by atoms with Crippen molar-refractivity contribution < 1.29 is 19.1 Å². The number of aromatic nitrogens is 3. The molecule has 1 saturated carbocycles. The van der Waals surface area contributed by atoms with Crippen LogP contribution in [0.4, 0.5) is 21.1 Å². The van der Waals surface area contributed by atoms with E-state index in [-0.39, 0.29) is 11.7 Å². The quantitative estimate of drug-likeness (QED) is 0.358. The Morgan fingerprint density at radius 1 is 1.11 bits per heavy atom. The van der Waals surface area contributed by atoms with Crippen molar-refractivity contribution in [1.29, 1.82) is 5.26 Å². The van der Waals surface area contributed by atoms with Gasteiger partial charge >= 0.3 is 12.2 Å². The monoisotopic (exact) mass is 515 g/mol. The summed E-state index contributed by atoms with van der Waals surface area (Å²) in [7, 11) is 0. The van der Waals surface area contributed by atoms with Crippen molar-refractivity contribution in [2.75, 3.05) is 23.7 Å². The van der Waals surface area contributed by atoms with E-state index in [1.54, 1.807) is 18.5 Å². The number of carbonyl (C=O) groups is 2. The number of amides is 2. The SMILES string of the molecule is CC(C)(C)OC(=O)NCCNc1cncc(-c2cc(C3CC3)cc(OC(=O)Nc3cc(C#N)ccn3)n2)c1. The summed E-state index contributed by atoms with van der Waals surface area (Å²) in [4.78, 5) is 37.2. The van der Waals surface area contributed by atoms with Crippen LogP contribution in [0.1, 0.15) is 50.7 Å². The van der Waals surface area contributed by atoms with Gasteiger partial charge in [-0.05, 0) is 69.4 Å². The molecule has 0 atom stereocenters. The number of nitrogens with zero attached hydrogens (tertiary/aromatic N) is 4. The number of rotatable bonds is 8. The van der Waals surface area contributed by atoms with Gasteiger partial charge in [0.1, 0.15) is 11.4 Å². The number of hydrogen-bond donors (Lipinski definition) is 3. The molecule has 2 amide bonds. The molecule has 3 N–H and O–H groups in total. The molecular weight excluding hydrogens is 486 g/mol. The van der Waals surface area contributed by atoms with Crippen LogP contribution in [0.2, 0.25) is 0 Å². The van der Waals surface area contributed by atoms with E-state index in [0.717, 1.165) is 29.7 Å². The minimum absolute atomic E-state index is 0.151. The smallest absolute Gasteiger partial charge is 0.419 e. The Labute approximate surface area is 220 Å². The summed E-state index contributed by atoms with van der Waals surface area (Å²) < 4.78 is 10.7. The van der Waals surface area contributed by atoms with Gasteiger partial charge < -0.3 is 20.1 Å². The standard InChI is InChI=1S/C27H29N7O4/c1-27(2,3)38-25(35)32-9-8-30-21-11-20(15-29-16-21)22-12-19(18-4-5-18)13-24(33-22)37-26(36)34-23-10-17(14-28)6-7-31-23/h6-7,10-13,15-16,18,30H,4-5,8-9H2,1-3H3,(H,32,35)(H,31,34,36). The zero-order chi connectivity index (χ0) is 27.1. The van der Waals surface area contributed by atoms with Crippen LogP contribution in [0.5, 0.6) is 5.88 Å². The normalized spacial score (nSPS) is 12.7. The number of alkyl carbamates (subject to hydrolysis) is 1. The summed E-state index contributed by atoms with van der Waals surface area (Å²) >= 11 is 0. The number of nitrogens with one attached hydrogen (secondary N) is 3. The molecule has 11 heteroatoms. The largest absolute Gasteiger partial charge is 0.444 e. The molecular formula is C27H29N7O4. The van der Waals surface area contributed by atoms with E-state index >= 15 is 0 Å². The number of ether oxygens (including phenoxy) is 2.